The van der Waals surface area contributed by atoms with Crippen molar-refractivity contribution in [3.63, 3.8) is 0 Å². The second-order valence-corrected chi connectivity index (χ2v) is 10.6. The molecule has 0 unspecified atom stereocenters. The van der Waals surface area contributed by atoms with Crippen molar-refractivity contribution in [2.75, 3.05) is 13.2 Å². The Bertz CT molecular complexity index is 1250. The van der Waals surface area contributed by atoms with Crippen LogP contribution in [0.4, 0.5) is 4.39 Å². The van der Waals surface area contributed by atoms with Gasteiger partial charge in [0.2, 0.25) is 0 Å². The van der Waals surface area contributed by atoms with E-state index in [2.05, 4.69) is 22.6 Å². The highest BCUT2D eigenvalue weighted by atomic mass is 127. The molecule has 2 N–H and O–H groups in total. The predicted molar refractivity (Wildman–Crippen MR) is 157 cm³/mol. The number of rotatable bonds is 17. The summed E-state index contributed by atoms with van der Waals surface area (Å²) in [6.45, 7) is 0.867. The van der Waals surface area contributed by atoms with E-state index < -0.39 is 11.9 Å². The van der Waals surface area contributed by atoms with E-state index in [4.69, 9.17) is 14.6 Å². The van der Waals surface area contributed by atoms with Gasteiger partial charge in [0.1, 0.15) is 17.3 Å². The number of unbranched alkanes of at least 4 members (excludes halogenated alkanes) is 3. The molecule has 0 atom stereocenters. The zero-order chi connectivity index (χ0) is 28.0. The molecule has 0 aliphatic rings. The van der Waals surface area contributed by atoms with Crippen LogP contribution in [-0.4, -0.2) is 35.4 Å². The van der Waals surface area contributed by atoms with Crippen molar-refractivity contribution in [1.29, 1.82) is 0 Å². The summed E-state index contributed by atoms with van der Waals surface area (Å²) in [4.78, 5) is 21.9. The molecule has 3 rings (SSSR count). The minimum absolute atomic E-state index is 0.0131. The summed E-state index contributed by atoms with van der Waals surface area (Å²) in [6.07, 6.45) is 5.49. The Labute approximate surface area is 242 Å². The highest BCUT2D eigenvalue weighted by Gasteiger charge is 2.12. The topological polar surface area (TPSA) is 93.1 Å². The minimum Gasteiger partial charge on any atom is -0.494 e. The molecule has 208 valence electrons. The van der Waals surface area contributed by atoms with Gasteiger partial charge in [-0.15, -0.1) is 0 Å². The summed E-state index contributed by atoms with van der Waals surface area (Å²) in [6, 6.07) is 18.2. The molecular weight excluding hydrogens is 614 g/mol. The van der Waals surface area contributed by atoms with Crippen LogP contribution in [0, 0.1) is 9.39 Å². The molecule has 0 fully saturated rings. The zero-order valence-electron chi connectivity index (χ0n) is 21.8. The van der Waals surface area contributed by atoms with Gasteiger partial charge in [0, 0.05) is 16.4 Å². The summed E-state index contributed by atoms with van der Waals surface area (Å²) >= 11 is 2.24. The molecule has 8 heteroatoms. The van der Waals surface area contributed by atoms with E-state index in [0.717, 1.165) is 63.7 Å². The highest BCUT2D eigenvalue weighted by molar-refractivity contribution is 14.1. The number of aryl methyl sites for hydroxylation is 1. The monoisotopic (exact) mass is 648 g/mol. The van der Waals surface area contributed by atoms with E-state index in [1.165, 1.54) is 12.1 Å². The molecule has 0 heterocycles. The number of hydrogen-bond acceptors (Lipinski definition) is 4. The van der Waals surface area contributed by atoms with Crippen LogP contribution < -0.4 is 9.47 Å². The summed E-state index contributed by atoms with van der Waals surface area (Å²) < 4.78 is 26.5. The number of aliphatic carboxylic acids is 2. The zero-order valence-corrected chi connectivity index (χ0v) is 24.0. The van der Waals surface area contributed by atoms with Crippen LogP contribution in [0.25, 0.3) is 11.1 Å². The third-order valence-electron chi connectivity index (χ3n) is 6.25. The minimum atomic E-state index is -0.865. The summed E-state index contributed by atoms with van der Waals surface area (Å²) in [5, 5.41) is 18.0. The van der Waals surface area contributed by atoms with Gasteiger partial charge < -0.3 is 19.7 Å². The van der Waals surface area contributed by atoms with Gasteiger partial charge in [-0.25, -0.2) is 4.39 Å². The molecule has 6 nitrogen and oxygen atoms in total. The normalized spacial score (nSPS) is 10.8. The van der Waals surface area contributed by atoms with Gasteiger partial charge in [0.05, 0.1) is 13.2 Å². The van der Waals surface area contributed by atoms with Crippen molar-refractivity contribution in [3.8, 4) is 22.6 Å². The lowest BCUT2D eigenvalue weighted by Gasteiger charge is -2.15. The predicted octanol–water partition coefficient (Wildman–Crippen LogP) is 7.54. The third kappa shape index (κ3) is 10.9. The molecule has 0 bridgehead atoms. The first-order chi connectivity index (χ1) is 18.8. The third-order valence-corrected chi connectivity index (χ3v) is 6.87. The molecular formula is C31H34FIO6. The Hall–Kier alpha value is -3.14. The van der Waals surface area contributed by atoms with Gasteiger partial charge in [-0.05, 0) is 113 Å². The first kappa shape index (κ1) is 30.4. The van der Waals surface area contributed by atoms with Crippen LogP contribution in [-0.2, 0) is 22.4 Å². The number of carbonyl (C=O) groups is 2. The smallest absolute Gasteiger partial charge is 0.303 e. The molecule has 0 aliphatic carbocycles. The van der Waals surface area contributed by atoms with Gasteiger partial charge in [-0.1, -0.05) is 37.1 Å². The average Bonchev–Trinajstić information content (AvgIpc) is 2.89. The van der Waals surface area contributed by atoms with Crippen LogP contribution in [0.2, 0.25) is 0 Å². The lowest BCUT2D eigenvalue weighted by Crippen LogP contribution is -2.07. The van der Waals surface area contributed by atoms with Gasteiger partial charge in [-0.2, -0.15) is 0 Å². The van der Waals surface area contributed by atoms with Crippen molar-refractivity contribution in [2.24, 2.45) is 0 Å². The molecule has 0 radical (unpaired) electrons. The molecule has 3 aromatic carbocycles. The van der Waals surface area contributed by atoms with E-state index in [1.54, 1.807) is 6.07 Å². The molecule has 0 spiro atoms. The maximum Gasteiger partial charge on any atom is 0.303 e. The quantitative estimate of drug-likeness (QED) is 0.116. The van der Waals surface area contributed by atoms with Gasteiger partial charge >= 0.3 is 11.9 Å². The van der Waals surface area contributed by atoms with E-state index in [-0.39, 0.29) is 25.3 Å². The number of benzene rings is 3. The van der Waals surface area contributed by atoms with Crippen molar-refractivity contribution in [3.05, 3.63) is 81.2 Å². The van der Waals surface area contributed by atoms with Crippen molar-refractivity contribution >= 4 is 34.5 Å². The van der Waals surface area contributed by atoms with Crippen molar-refractivity contribution < 1.29 is 33.7 Å². The second-order valence-electron chi connectivity index (χ2n) is 9.33. The van der Waals surface area contributed by atoms with E-state index in [1.807, 2.05) is 42.5 Å². The fourth-order valence-electron chi connectivity index (χ4n) is 4.34. The Morgan fingerprint density at radius 3 is 2.26 bits per heavy atom. The Kier molecular flexibility index (Phi) is 12.5. The molecule has 0 aromatic heterocycles. The lowest BCUT2D eigenvalue weighted by atomic mass is 9.97. The maximum absolute atomic E-state index is 13.6. The summed E-state index contributed by atoms with van der Waals surface area (Å²) in [5.74, 6) is -0.585. The van der Waals surface area contributed by atoms with E-state index in [0.29, 0.717) is 25.2 Å². The van der Waals surface area contributed by atoms with Crippen LogP contribution >= 0.6 is 22.6 Å². The van der Waals surface area contributed by atoms with Crippen LogP contribution in [0.3, 0.4) is 0 Å². The van der Waals surface area contributed by atoms with Crippen molar-refractivity contribution in [2.45, 2.75) is 57.8 Å². The highest BCUT2D eigenvalue weighted by Crippen LogP contribution is 2.28. The van der Waals surface area contributed by atoms with Crippen LogP contribution in [0.15, 0.2) is 60.7 Å². The SMILES string of the molecule is O=C(O)CCCOc1cccc(CCCCCCOc2cc(I)cc(-c3cccc(F)c3)c2)c1CCC(=O)O. The molecule has 0 amide bonds. The van der Waals surface area contributed by atoms with Crippen molar-refractivity contribution in [1.82, 2.24) is 0 Å². The fraction of sp³-hybridized carbons (Fsp3) is 0.355. The molecule has 39 heavy (non-hydrogen) atoms. The number of ether oxygens (including phenoxy) is 2. The molecule has 0 aliphatic heterocycles. The van der Waals surface area contributed by atoms with E-state index >= 15 is 0 Å². The summed E-state index contributed by atoms with van der Waals surface area (Å²) in [5.41, 5.74) is 3.71. The van der Waals surface area contributed by atoms with Crippen LogP contribution in [0.1, 0.15) is 56.1 Å². The number of hydrogen-bond donors (Lipinski definition) is 2. The Balaban J connectivity index is 1.46. The number of carboxylic acid groups (broad SMARTS) is 2. The van der Waals surface area contributed by atoms with Gasteiger partial charge in [0.15, 0.2) is 0 Å². The van der Waals surface area contributed by atoms with Gasteiger partial charge in [-0.3, -0.25) is 9.59 Å². The summed E-state index contributed by atoms with van der Waals surface area (Å²) in [7, 11) is 0. The molecule has 0 saturated heterocycles. The fourth-order valence-corrected chi connectivity index (χ4v) is 4.99. The second kappa shape index (κ2) is 16.1. The maximum atomic E-state index is 13.6. The average molecular weight is 649 g/mol. The number of halogens is 2. The standard InChI is InChI=1S/C31H34FIO6/c32-25-11-5-10-23(18-25)24-19-26(33)21-27(20-24)38-16-4-2-1-3-8-22-9-6-12-29(28(22)14-15-31(36)37)39-17-7-13-30(34)35/h5-6,9-12,18-21H,1-4,7-8,13-17H2,(H,34,35)(H,36,37). The van der Waals surface area contributed by atoms with Gasteiger partial charge in [0.25, 0.3) is 0 Å². The molecule has 0 saturated carbocycles. The first-order valence-electron chi connectivity index (χ1n) is 13.2. The lowest BCUT2D eigenvalue weighted by molar-refractivity contribution is -0.138. The Morgan fingerprint density at radius 1 is 0.744 bits per heavy atom. The first-order valence-corrected chi connectivity index (χ1v) is 14.3. The molecule has 3 aromatic rings. The largest absolute Gasteiger partial charge is 0.494 e. The Morgan fingerprint density at radius 2 is 1.49 bits per heavy atom. The number of carboxylic acids is 2. The van der Waals surface area contributed by atoms with E-state index in [9.17, 15) is 19.1 Å². The van der Waals surface area contributed by atoms with Crippen LogP contribution in [0.5, 0.6) is 11.5 Å².